The predicted molar refractivity (Wildman–Crippen MR) is 111 cm³/mol. The van der Waals surface area contributed by atoms with Gasteiger partial charge in [0.15, 0.2) is 0 Å². The van der Waals surface area contributed by atoms with E-state index in [1.165, 1.54) is 36.0 Å². The molecule has 0 atom stereocenters. The van der Waals surface area contributed by atoms with E-state index >= 15 is 0 Å². The van der Waals surface area contributed by atoms with Gasteiger partial charge < -0.3 is 20.3 Å². The fourth-order valence-electron chi connectivity index (χ4n) is 3.02. The summed E-state index contributed by atoms with van der Waals surface area (Å²) >= 11 is 1.24. The molecule has 0 spiro atoms. The number of nitrogens with zero attached hydrogens (tertiary/aromatic N) is 1. The fourth-order valence-corrected chi connectivity index (χ4v) is 3.73. The van der Waals surface area contributed by atoms with Gasteiger partial charge in [-0.15, -0.1) is 11.8 Å². The van der Waals surface area contributed by atoms with Gasteiger partial charge >= 0.3 is 0 Å². The molecule has 1 aromatic carbocycles. The molecule has 0 unspecified atom stereocenters. The standard InChI is InChI=1S/C20H28FN3O4S/c1-28-12-2-9-22-20(27)15-7-10-24(11-8-15)19(26)14-29-13-18(25)23-17-5-3-16(21)4-6-17/h3-6,15H,2,7-14H2,1H3,(H,22,27)(H,23,25). The van der Waals surface area contributed by atoms with E-state index in [4.69, 9.17) is 4.74 Å². The first-order valence-corrected chi connectivity index (χ1v) is 10.8. The minimum Gasteiger partial charge on any atom is -0.385 e. The van der Waals surface area contributed by atoms with E-state index in [0.717, 1.165) is 6.42 Å². The van der Waals surface area contributed by atoms with E-state index in [0.29, 0.717) is 44.8 Å². The smallest absolute Gasteiger partial charge is 0.234 e. The minimum absolute atomic E-state index is 0.0245. The summed E-state index contributed by atoms with van der Waals surface area (Å²) in [4.78, 5) is 38.1. The van der Waals surface area contributed by atoms with Crippen LogP contribution >= 0.6 is 11.8 Å². The highest BCUT2D eigenvalue weighted by Crippen LogP contribution is 2.18. The molecular weight excluding hydrogens is 397 g/mol. The summed E-state index contributed by atoms with van der Waals surface area (Å²) in [7, 11) is 1.63. The van der Waals surface area contributed by atoms with Crippen LogP contribution in [0.2, 0.25) is 0 Å². The lowest BCUT2D eigenvalue weighted by Crippen LogP contribution is -2.44. The van der Waals surface area contributed by atoms with Gasteiger partial charge in [-0.3, -0.25) is 14.4 Å². The van der Waals surface area contributed by atoms with Gasteiger partial charge in [-0.05, 0) is 43.5 Å². The first kappa shape index (κ1) is 23.2. The Labute approximate surface area is 174 Å². The van der Waals surface area contributed by atoms with E-state index in [2.05, 4.69) is 10.6 Å². The van der Waals surface area contributed by atoms with Crippen molar-refractivity contribution >= 4 is 35.2 Å². The summed E-state index contributed by atoms with van der Waals surface area (Å²) < 4.78 is 17.8. The van der Waals surface area contributed by atoms with Crippen LogP contribution in [0.1, 0.15) is 19.3 Å². The molecule has 7 nitrogen and oxygen atoms in total. The van der Waals surface area contributed by atoms with Crippen molar-refractivity contribution in [3.63, 3.8) is 0 Å². The Kier molecular flexibility index (Phi) is 9.93. The van der Waals surface area contributed by atoms with Crippen molar-refractivity contribution in [3.05, 3.63) is 30.1 Å². The molecule has 1 saturated heterocycles. The molecule has 3 amide bonds. The molecule has 1 heterocycles. The zero-order valence-corrected chi connectivity index (χ0v) is 17.4. The minimum atomic E-state index is -0.365. The number of methoxy groups -OCH3 is 1. The largest absolute Gasteiger partial charge is 0.385 e. The molecule has 1 fully saturated rings. The van der Waals surface area contributed by atoms with Gasteiger partial charge in [-0.1, -0.05) is 0 Å². The lowest BCUT2D eigenvalue weighted by Gasteiger charge is -2.31. The van der Waals surface area contributed by atoms with E-state index in [1.54, 1.807) is 12.0 Å². The van der Waals surface area contributed by atoms with Crippen molar-refractivity contribution in [2.24, 2.45) is 5.92 Å². The van der Waals surface area contributed by atoms with E-state index in [1.807, 2.05) is 0 Å². The van der Waals surface area contributed by atoms with E-state index in [-0.39, 0.29) is 41.0 Å². The van der Waals surface area contributed by atoms with Gasteiger partial charge in [-0.2, -0.15) is 0 Å². The van der Waals surface area contributed by atoms with Crippen LogP contribution in [-0.4, -0.2) is 67.5 Å². The van der Waals surface area contributed by atoms with Gasteiger partial charge in [0.1, 0.15) is 5.82 Å². The van der Waals surface area contributed by atoms with Crippen molar-refractivity contribution in [2.75, 3.05) is 50.2 Å². The Balaban J connectivity index is 1.61. The van der Waals surface area contributed by atoms with Crippen LogP contribution in [0.5, 0.6) is 0 Å². The molecule has 0 saturated carbocycles. The summed E-state index contributed by atoms with van der Waals surface area (Å²) in [6, 6.07) is 5.52. The summed E-state index contributed by atoms with van der Waals surface area (Å²) in [5.74, 6) is -0.290. The maximum absolute atomic E-state index is 12.9. The summed E-state index contributed by atoms with van der Waals surface area (Å²) in [5, 5.41) is 5.57. The Bertz CT molecular complexity index is 679. The zero-order chi connectivity index (χ0) is 21.1. The molecule has 29 heavy (non-hydrogen) atoms. The van der Waals surface area contributed by atoms with Gasteiger partial charge in [0.05, 0.1) is 11.5 Å². The highest BCUT2D eigenvalue weighted by atomic mass is 32.2. The third-order valence-corrected chi connectivity index (χ3v) is 5.55. The van der Waals surface area contributed by atoms with E-state index < -0.39 is 0 Å². The van der Waals surface area contributed by atoms with Crippen LogP contribution < -0.4 is 10.6 Å². The average molecular weight is 426 g/mol. The lowest BCUT2D eigenvalue weighted by molar-refractivity contribution is -0.133. The molecule has 0 bridgehead atoms. The van der Waals surface area contributed by atoms with Gasteiger partial charge in [0.25, 0.3) is 0 Å². The number of carbonyl (C=O) groups excluding carboxylic acids is 3. The molecule has 1 aliphatic rings. The number of anilines is 1. The van der Waals surface area contributed by atoms with Crippen LogP contribution in [0.15, 0.2) is 24.3 Å². The summed E-state index contributed by atoms with van der Waals surface area (Å²) in [5.41, 5.74) is 0.519. The maximum Gasteiger partial charge on any atom is 0.234 e. The van der Waals surface area contributed by atoms with Crippen LogP contribution in [0.3, 0.4) is 0 Å². The second-order valence-electron chi connectivity index (χ2n) is 6.84. The number of benzene rings is 1. The first-order valence-electron chi connectivity index (χ1n) is 9.67. The number of hydrogen-bond donors (Lipinski definition) is 2. The number of likely N-dealkylation sites (tertiary alicyclic amines) is 1. The number of rotatable bonds is 10. The van der Waals surface area contributed by atoms with Crippen molar-refractivity contribution in [3.8, 4) is 0 Å². The second-order valence-corrected chi connectivity index (χ2v) is 7.83. The van der Waals surface area contributed by atoms with E-state index in [9.17, 15) is 18.8 Å². The van der Waals surface area contributed by atoms with Crippen LogP contribution in [0.25, 0.3) is 0 Å². The SMILES string of the molecule is COCCCNC(=O)C1CCN(C(=O)CSCC(=O)Nc2ccc(F)cc2)CC1. The highest BCUT2D eigenvalue weighted by Gasteiger charge is 2.27. The number of piperidine rings is 1. The molecule has 9 heteroatoms. The monoisotopic (exact) mass is 425 g/mol. The molecule has 0 radical (unpaired) electrons. The Morgan fingerprint density at radius 2 is 1.86 bits per heavy atom. The summed E-state index contributed by atoms with van der Waals surface area (Å²) in [6.07, 6.45) is 2.08. The van der Waals surface area contributed by atoms with Gasteiger partial charge in [0.2, 0.25) is 17.7 Å². The second kappa shape index (κ2) is 12.4. The summed E-state index contributed by atoms with van der Waals surface area (Å²) in [6.45, 7) is 2.32. The average Bonchev–Trinajstić information content (AvgIpc) is 2.73. The van der Waals surface area contributed by atoms with Crippen molar-refractivity contribution in [1.82, 2.24) is 10.2 Å². The number of ether oxygens (including phenoxy) is 1. The number of thioether (sulfide) groups is 1. The van der Waals surface area contributed by atoms with Crippen LogP contribution in [0.4, 0.5) is 10.1 Å². The van der Waals surface area contributed by atoms with Crippen molar-refractivity contribution in [1.29, 1.82) is 0 Å². The Morgan fingerprint density at radius 3 is 2.52 bits per heavy atom. The number of amides is 3. The molecule has 160 valence electrons. The normalized spacial score (nSPS) is 14.5. The quantitative estimate of drug-likeness (QED) is 0.559. The Morgan fingerprint density at radius 1 is 1.17 bits per heavy atom. The topological polar surface area (TPSA) is 87.7 Å². The molecular formula is C20H28FN3O4S. The molecule has 2 rings (SSSR count). The number of hydrogen-bond acceptors (Lipinski definition) is 5. The number of halogens is 1. The van der Waals surface area contributed by atoms with Gasteiger partial charge in [0, 0.05) is 45.0 Å². The molecule has 1 aliphatic heterocycles. The van der Waals surface area contributed by atoms with Crippen LogP contribution in [0, 0.1) is 11.7 Å². The van der Waals surface area contributed by atoms with Crippen molar-refractivity contribution < 1.29 is 23.5 Å². The lowest BCUT2D eigenvalue weighted by atomic mass is 9.96. The molecule has 0 aliphatic carbocycles. The molecule has 0 aromatic heterocycles. The third kappa shape index (κ3) is 8.41. The van der Waals surface area contributed by atoms with Crippen LogP contribution in [-0.2, 0) is 19.1 Å². The van der Waals surface area contributed by atoms with Crippen molar-refractivity contribution in [2.45, 2.75) is 19.3 Å². The maximum atomic E-state index is 12.9. The fraction of sp³-hybridized carbons (Fsp3) is 0.550. The number of nitrogens with one attached hydrogen (secondary N) is 2. The third-order valence-electron chi connectivity index (χ3n) is 4.63. The first-order chi connectivity index (χ1) is 14.0. The molecule has 1 aromatic rings. The Hall–Kier alpha value is -2.13. The zero-order valence-electron chi connectivity index (χ0n) is 16.6. The molecule has 2 N–H and O–H groups in total. The number of carbonyl (C=O) groups is 3. The van der Waals surface area contributed by atoms with Gasteiger partial charge in [-0.25, -0.2) is 4.39 Å². The predicted octanol–water partition coefficient (Wildman–Crippen LogP) is 1.89. The highest BCUT2D eigenvalue weighted by molar-refractivity contribution is 8.00.